The SMILES string of the molecule is OCC(O)CNc1ccnc(-c2cc3ccccc3s2)n1. The summed E-state index contributed by atoms with van der Waals surface area (Å²) in [4.78, 5) is 9.74. The molecule has 5 nitrogen and oxygen atoms in total. The summed E-state index contributed by atoms with van der Waals surface area (Å²) in [5.74, 6) is 1.28. The molecule has 3 aromatic rings. The van der Waals surface area contributed by atoms with Gasteiger partial charge in [0.25, 0.3) is 0 Å². The molecule has 6 heteroatoms. The molecule has 21 heavy (non-hydrogen) atoms. The first-order valence-corrected chi connectivity index (χ1v) is 7.42. The molecule has 0 fully saturated rings. The highest BCUT2D eigenvalue weighted by atomic mass is 32.1. The molecular formula is C15H15N3O2S. The van der Waals surface area contributed by atoms with Crippen molar-refractivity contribution in [3.63, 3.8) is 0 Å². The number of hydrogen-bond acceptors (Lipinski definition) is 6. The van der Waals surface area contributed by atoms with E-state index >= 15 is 0 Å². The molecule has 108 valence electrons. The second-order valence-corrected chi connectivity index (χ2v) is 5.72. The summed E-state index contributed by atoms with van der Waals surface area (Å²) in [6.45, 7) is -0.0272. The van der Waals surface area contributed by atoms with Gasteiger partial charge in [0.15, 0.2) is 5.82 Å². The van der Waals surface area contributed by atoms with Crippen molar-refractivity contribution in [1.29, 1.82) is 0 Å². The van der Waals surface area contributed by atoms with Crippen LogP contribution in [0.4, 0.5) is 5.82 Å². The molecule has 3 N–H and O–H groups in total. The number of rotatable bonds is 5. The number of thiophene rings is 1. The maximum absolute atomic E-state index is 9.35. The molecule has 0 saturated carbocycles. The maximum atomic E-state index is 9.35. The number of fused-ring (bicyclic) bond motifs is 1. The van der Waals surface area contributed by atoms with Gasteiger partial charge in [-0.25, -0.2) is 9.97 Å². The summed E-state index contributed by atoms with van der Waals surface area (Å²) in [6.07, 6.45) is 0.883. The highest BCUT2D eigenvalue weighted by Crippen LogP contribution is 2.31. The van der Waals surface area contributed by atoms with Crippen LogP contribution in [0.1, 0.15) is 0 Å². The third-order valence-electron chi connectivity index (χ3n) is 3.03. The molecule has 1 unspecified atom stereocenters. The summed E-state index contributed by atoms with van der Waals surface area (Å²) < 4.78 is 1.20. The van der Waals surface area contributed by atoms with E-state index in [0.717, 1.165) is 4.88 Å². The Labute approximate surface area is 125 Å². The Morgan fingerprint density at radius 3 is 2.90 bits per heavy atom. The lowest BCUT2D eigenvalue weighted by molar-refractivity contribution is 0.105. The second-order valence-electron chi connectivity index (χ2n) is 4.63. The number of hydrogen-bond donors (Lipinski definition) is 3. The third kappa shape index (κ3) is 3.18. The molecule has 1 aromatic carbocycles. The molecule has 2 aromatic heterocycles. The number of aliphatic hydroxyl groups is 2. The molecule has 0 amide bonds. The van der Waals surface area contributed by atoms with Gasteiger partial charge in [0.05, 0.1) is 17.6 Å². The van der Waals surface area contributed by atoms with E-state index in [0.29, 0.717) is 11.6 Å². The van der Waals surface area contributed by atoms with Crippen LogP contribution in [-0.4, -0.2) is 39.4 Å². The van der Waals surface area contributed by atoms with Gasteiger partial charge in [-0.2, -0.15) is 0 Å². The summed E-state index contributed by atoms with van der Waals surface area (Å²) >= 11 is 1.65. The normalized spacial score (nSPS) is 12.5. The molecular weight excluding hydrogens is 286 g/mol. The molecule has 0 aliphatic heterocycles. The Morgan fingerprint density at radius 1 is 1.24 bits per heavy atom. The van der Waals surface area contributed by atoms with Crippen LogP contribution in [0.2, 0.25) is 0 Å². The van der Waals surface area contributed by atoms with Crippen molar-refractivity contribution in [2.45, 2.75) is 6.10 Å². The predicted molar refractivity (Wildman–Crippen MR) is 84.4 cm³/mol. The van der Waals surface area contributed by atoms with Gasteiger partial charge in [-0.05, 0) is 23.6 Å². The number of aromatic nitrogens is 2. The van der Waals surface area contributed by atoms with E-state index in [1.807, 2.05) is 12.1 Å². The van der Waals surface area contributed by atoms with Gasteiger partial charge in [-0.1, -0.05) is 18.2 Å². The monoisotopic (exact) mass is 301 g/mol. The highest BCUT2D eigenvalue weighted by Gasteiger charge is 2.08. The Hall–Kier alpha value is -2.02. The number of nitrogens with one attached hydrogen (secondary N) is 1. The molecule has 0 aliphatic rings. The minimum atomic E-state index is -0.798. The number of nitrogens with zero attached hydrogens (tertiary/aromatic N) is 2. The zero-order chi connectivity index (χ0) is 14.7. The first-order valence-electron chi connectivity index (χ1n) is 6.61. The molecule has 2 heterocycles. The van der Waals surface area contributed by atoms with Crippen LogP contribution in [0.25, 0.3) is 20.8 Å². The van der Waals surface area contributed by atoms with Crippen LogP contribution in [0, 0.1) is 0 Å². The third-order valence-corrected chi connectivity index (χ3v) is 4.14. The van der Waals surface area contributed by atoms with Crippen molar-refractivity contribution >= 4 is 27.2 Å². The van der Waals surface area contributed by atoms with Crippen LogP contribution in [0.15, 0.2) is 42.6 Å². The zero-order valence-corrected chi connectivity index (χ0v) is 12.0. The van der Waals surface area contributed by atoms with Gasteiger partial charge in [-0.15, -0.1) is 11.3 Å². The Kier molecular flexibility index (Phi) is 4.10. The lowest BCUT2D eigenvalue weighted by Gasteiger charge is -2.09. The van der Waals surface area contributed by atoms with Crippen LogP contribution in [0.3, 0.4) is 0 Å². The molecule has 0 bridgehead atoms. The van der Waals surface area contributed by atoms with E-state index < -0.39 is 6.10 Å². The first kappa shape index (κ1) is 13.9. The van der Waals surface area contributed by atoms with Gasteiger partial charge in [0, 0.05) is 17.4 Å². The summed E-state index contributed by atoms with van der Waals surface area (Å²) in [7, 11) is 0. The summed E-state index contributed by atoms with van der Waals surface area (Å²) in [5, 5.41) is 22.3. The average molecular weight is 301 g/mol. The number of anilines is 1. The highest BCUT2D eigenvalue weighted by molar-refractivity contribution is 7.22. The number of aliphatic hydroxyl groups excluding tert-OH is 2. The fourth-order valence-electron chi connectivity index (χ4n) is 1.95. The quantitative estimate of drug-likeness (QED) is 0.673. The van der Waals surface area contributed by atoms with Crippen molar-refractivity contribution < 1.29 is 10.2 Å². The van der Waals surface area contributed by atoms with E-state index in [9.17, 15) is 5.11 Å². The van der Waals surface area contributed by atoms with E-state index in [1.165, 1.54) is 10.1 Å². The minimum absolute atomic E-state index is 0.249. The molecule has 0 spiro atoms. The van der Waals surface area contributed by atoms with E-state index in [1.54, 1.807) is 23.6 Å². The van der Waals surface area contributed by atoms with Crippen LogP contribution in [0.5, 0.6) is 0 Å². The lowest BCUT2D eigenvalue weighted by Crippen LogP contribution is -2.23. The van der Waals surface area contributed by atoms with Crippen LogP contribution >= 0.6 is 11.3 Å². The van der Waals surface area contributed by atoms with Crippen molar-refractivity contribution in [2.24, 2.45) is 0 Å². The van der Waals surface area contributed by atoms with E-state index in [4.69, 9.17) is 5.11 Å². The largest absolute Gasteiger partial charge is 0.394 e. The lowest BCUT2D eigenvalue weighted by atomic mass is 10.2. The fourth-order valence-corrected chi connectivity index (χ4v) is 2.96. The second kappa shape index (κ2) is 6.17. The Morgan fingerprint density at radius 2 is 2.10 bits per heavy atom. The minimum Gasteiger partial charge on any atom is -0.394 e. The molecule has 1 atom stereocenters. The van der Waals surface area contributed by atoms with Crippen molar-refractivity contribution in [3.8, 4) is 10.7 Å². The Balaban J connectivity index is 1.85. The van der Waals surface area contributed by atoms with Crippen LogP contribution < -0.4 is 5.32 Å². The van der Waals surface area contributed by atoms with Gasteiger partial charge in [0.2, 0.25) is 0 Å². The van der Waals surface area contributed by atoms with Crippen molar-refractivity contribution in [1.82, 2.24) is 9.97 Å². The van der Waals surface area contributed by atoms with Gasteiger partial charge < -0.3 is 15.5 Å². The molecule has 3 rings (SSSR count). The summed E-state index contributed by atoms with van der Waals surface area (Å²) in [5.41, 5.74) is 0. The van der Waals surface area contributed by atoms with Crippen LogP contribution in [-0.2, 0) is 0 Å². The maximum Gasteiger partial charge on any atom is 0.171 e. The fraction of sp³-hybridized carbons (Fsp3) is 0.200. The summed E-state index contributed by atoms with van der Waals surface area (Å²) in [6, 6.07) is 12.0. The topological polar surface area (TPSA) is 78.3 Å². The zero-order valence-electron chi connectivity index (χ0n) is 11.2. The smallest absolute Gasteiger partial charge is 0.171 e. The van der Waals surface area contributed by atoms with Gasteiger partial charge in [-0.3, -0.25) is 0 Å². The molecule has 0 radical (unpaired) electrons. The van der Waals surface area contributed by atoms with E-state index in [-0.39, 0.29) is 13.2 Å². The van der Waals surface area contributed by atoms with Crippen molar-refractivity contribution in [3.05, 3.63) is 42.6 Å². The van der Waals surface area contributed by atoms with Crippen molar-refractivity contribution in [2.75, 3.05) is 18.5 Å². The van der Waals surface area contributed by atoms with Gasteiger partial charge in [0.1, 0.15) is 5.82 Å². The molecule has 0 saturated heterocycles. The first-order chi connectivity index (χ1) is 10.3. The number of benzene rings is 1. The predicted octanol–water partition coefficient (Wildman–Crippen LogP) is 2.12. The Bertz CT molecular complexity index is 711. The van der Waals surface area contributed by atoms with Gasteiger partial charge >= 0.3 is 0 Å². The molecule has 0 aliphatic carbocycles. The standard InChI is InChI=1S/C15H15N3O2S/c19-9-11(20)8-17-14-5-6-16-15(18-14)13-7-10-3-1-2-4-12(10)21-13/h1-7,11,19-20H,8-9H2,(H,16,17,18). The average Bonchev–Trinajstić information content (AvgIpc) is 2.97. The van der Waals surface area contributed by atoms with E-state index in [2.05, 4.69) is 33.5 Å².